The Bertz CT molecular complexity index is 846. The zero-order chi connectivity index (χ0) is 21.1. The van der Waals surface area contributed by atoms with Gasteiger partial charge in [-0.25, -0.2) is 0 Å². The lowest BCUT2D eigenvalue weighted by Gasteiger charge is -2.39. The summed E-state index contributed by atoms with van der Waals surface area (Å²) in [6.07, 6.45) is 7.36. The van der Waals surface area contributed by atoms with Gasteiger partial charge in [-0.05, 0) is 37.3 Å². The Morgan fingerprint density at radius 2 is 1.70 bits per heavy atom. The Morgan fingerprint density at radius 1 is 1.00 bits per heavy atom. The van der Waals surface area contributed by atoms with Crippen molar-refractivity contribution in [1.82, 2.24) is 13.5 Å². The number of piperazine rings is 1. The quantitative estimate of drug-likeness (QED) is 0.712. The van der Waals surface area contributed by atoms with E-state index in [1.807, 2.05) is 23.1 Å². The second kappa shape index (κ2) is 9.34. The highest BCUT2D eigenvalue weighted by Gasteiger charge is 2.35. The molecule has 0 N–H and O–H groups in total. The van der Waals surface area contributed by atoms with Gasteiger partial charge in [-0.15, -0.1) is 0 Å². The van der Waals surface area contributed by atoms with E-state index in [1.165, 1.54) is 12.0 Å². The fourth-order valence-corrected chi connectivity index (χ4v) is 6.58. The fraction of sp³-hybridized carbons (Fsp3) is 0.682. The van der Waals surface area contributed by atoms with Crippen molar-refractivity contribution >= 4 is 21.8 Å². The van der Waals surface area contributed by atoms with Crippen LogP contribution in [0.3, 0.4) is 0 Å². The summed E-state index contributed by atoms with van der Waals surface area (Å²) in [6, 6.07) is 8.26. The smallest absolute Gasteiger partial charge is 0.282 e. The first-order valence-corrected chi connectivity index (χ1v) is 12.7. The Hall–Kier alpha value is -1.48. The highest BCUT2D eigenvalue weighted by molar-refractivity contribution is 7.86. The van der Waals surface area contributed by atoms with Gasteiger partial charge in [0.05, 0.1) is 6.54 Å². The fourth-order valence-electron chi connectivity index (χ4n) is 5.00. The first-order chi connectivity index (χ1) is 14.5. The van der Waals surface area contributed by atoms with Crippen LogP contribution in [0.25, 0.3) is 0 Å². The number of anilines is 1. The minimum absolute atomic E-state index is 0.109. The summed E-state index contributed by atoms with van der Waals surface area (Å²) in [7, 11) is -1.70. The van der Waals surface area contributed by atoms with E-state index in [0.717, 1.165) is 50.8 Å². The molecule has 8 heteroatoms. The Morgan fingerprint density at radius 3 is 2.43 bits per heavy atom. The highest BCUT2D eigenvalue weighted by atomic mass is 32.2. The number of carbonyl (C=O) groups excluding carboxylic acids is 1. The normalized spacial score (nSPS) is 22.3. The standard InChI is InChI=1S/C22H34N4O3S/c1-23(20-10-3-2-4-11-20)30(28,29)25-16-14-24(15-17-25)18-22(27)26-13-7-9-19-8-5-6-12-21(19)26/h5-6,8,12,20H,2-4,7,9-11,13-18H2,1H3. The summed E-state index contributed by atoms with van der Waals surface area (Å²) in [5.74, 6) is 0.109. The van der Waals surface area contributed by atoms with Gasteiger partial charge in [-0.2, -0.15) is 17.0 Å². The molecule has 3 aliphatic rings. The number of carbonyl (C=O) groups is 1. The predicted octanol–water partition coefficient (Wildman–Crippen LogP) is 2.09. The van der Waals surface area contributed by atoms with Crippen LogP contribution in [0, 0.1) is 0 Å². The molecule has 166 valence electrons. The minimum Gasteiger partial charge on any atom is -0.311 e. The molecule has 30 heavy (non-hydrogen) atoms. The number of rotatable bonds is 5. The van der Waals surface area contributed by atoms with Crippen LogP contribution in [0.1, 0.15) is 44.1 Å². The van der Waals surface area contributed by atoms with Gasteiger partial charge >= 0.3 is 0 Å². The molecule has 4 rings (SSSR count). The number of nitrogens with zero attached hydrogens (tertiary/aromatic N) is 4. The second-order valence-corrected chi connectivity index (χ2v) is 10.8. The molecule has 0 bridgehead atoms. The van der Waals surface area contributed by atoms with Crippen molar-refractivity contribution in [2.75, 3.05) is 51.2 Å². The third-order valence-corrected chi connectivity index (χ3v) is 8.92. The molecular weight excluding hydrogens is 400 g/mol. The number of amides is 1. The van der Waals surface area contributed by atoms with Crippen molar-refractivity contribution in [3.05, 3.63) is 29.8 Å². The molecule has 1 saturated carbocycles. The second-order valence-electron chi connectivity index (χ2n) is 8.77. The van der Waals surface area contributed by atoms with Crippen LogP contribution in [0.15, 0.2) is 24.3 Å². The maximum Gasteiger partial charge on any atom is 0.282 e. The summed E-state index contributed by atoms with van der Waals surface area (Å²) in [4.78, 5) is 17.0. The number of para-hydroxylation sites is 1. The van der Waals surface area contributed by atoms with Gasteiger partial charge in [0, 0.05) is 51.5 Å². The predicted molar refractivity (Wildman–Crippen MR) is 119 cm³/mol. The summed E-state index contributed by atoms with van der Waals surface area (Å²) < 4.78 is 29.3. The summed E-state index contributed by atoms with van der Waals surface area (Å²) in [5, 5.41) is 0. The molecule has 2 aliphatic heterocycles. The largest absolute Gasteiger partial charge is 0.311 e. The molecule has 0 radical (unpaired) electrons. The molecule has 1 amide bonds. The molecule has 2 fully saturated rings. The summed E-state index contributed by atoms with van der Waals surface area (Å²) in [6.45, 7) is 3.20. The van der Waals surface area contributed by atoms with Gasteiger partial charge in [-0.3, -0.25) is 9.69 Å². The SMILES string of the molecule is CN(C1CCCCC1)S(=O)(=O)N1CCN(CC(=O)N2CCCc3ccccc32)CC1. The average molecular weight is 435 g/mol. The van der Waals surface area contributed by atoms with E-state index < -0.39 is 10.2 Å². The van der Waals surface area contributed by atoms with Crippen molar-refractivity contribution in [2.45, 2.75) is 51.0 Å². The molecule has 0 aromatic heterocycles. The Balaban J connectivity index is 1.32. The zero-order valence-corrected chi connectivity index (χ0v) is 18.8. The zero-order valence-electron chi connectivity index (χ0n) is 18.0. The number of hydrogen-bond acceptors (Lipinski definition) is 4. The van der Waals surface area contributed by atoms with Crippen molar-refractivity contribution in [3.63, 3.8) is 0 Å². The van der Waals surface area contributed by atoms with Crippen LogP contribution in [0.5, 0.6) is 0 Å². The van der Waals surface area contributed by atoms with Crippen LogP contribution in [0.2, 0.25) is 0 Å². The number of benzene rings is 1. The molecular formula is C22H34N4O3S. The van der Waals surface area contributed by atoms with Gasteiger partial charge in [0.2, 0.25) is 5.91 Å². The maximum absolute atomic E-state index is 13.1. The first kappa shape index (κ1) is 21.7. The highest BCUT2D eigenvalue weighted by Crippen LogP contribution is 2.27. The van der Waals surface area contributed by atoms with Gasteiger partial charge in [0.1, 0.15) is 0 Å². The molecule has 1 aliphatic carbocycles. The van der Waals surface area contributed by atoms with Crippen LogP contribution < -0.4 is 4.90 Å². The molecule has 0 unspecified atom stereocenters. The molecule has 1 aromatic carbocycles. The lowest BCUT2D eigenvalue weighted by Crippen LogP contribution is -2.55. The Labute approximate surface area is 180 Å². The molecule has 2 heterocycles. The number of fused-ring (bicyclic) bond motifs is 1. The van der Waals surface area contributed by atoms with Gasteiger partial charge in [-0.1, -0.05) is 37.5 Å². The van der Waals surface area contributed by atoms with Gasteiger partial charge in [0.25, 0.3) is 10.2 Å². The first-order valence-electron chi connectivity index (χ1n) is 11.3. The third kappa shape index (κ3) is 4.56. The van der Waals surface area contributed by atoms with Crippen molar-refractivity contribution in [2.24, 2.45) is 0 Å². The Kier molecular flexibility index (Phi) is 6.77. The number of hydrogen-bond donors (Lipinski definition) is 0. The van der Waals surface area contributed by atoms with Crippen LogP contribution in [0.4, 0.5) is 5.69 Å². The maximum atomic E-state index is 13.1. The third-order valence-electron chi connectivity index (χ3n) is 6.88. The summed E-state index contributed by atoms with van der Waals surface area (Å²) >= 11 is 0. The van der Waals surface area contributed by atoms with Crippen LogP contribution in [-0.4, -0.2) is 80.2 Å². The average Bonchev–Trinajstić information content (AvgIpc) is 2.79. The van der Waals surface area contributed by atoms with E-state index in [1.54, 1.807) is 15.7 Å². The minimum atomic E-state index is -3.43. The van der Waals surface area contributed by atoms with Crippen LogP contribution >= 0.6 is 0 Å². The van der Waals surface area contributed by atoms with Crippen molar-refractivity contribution in [1.29, 1.82) is 0 Å². The molecule has 1 saturated heterocycles. The molecule has 7 nitrogen and oxygen atoms in total. The van der Waals surface area contributed by atoms with E-state index in [4.69, 9.17) is 0 Å². The van der Waals surface area contributed by atoms with E-state index in [9.17, 15) is 13.2 Å². The molecule has 0 spiro atoms. The van der Waals surface area contributed by atoms with Crippen LogP contribution in [-0.2, 0) is 21.4 Å². The molecule has 0 atom stereocenters. The molecule has 1 aromatic rings. The van der Waals surface area contributed by atoms with Gasteiger partial charge in [0.15, 0.2) is 0 Å². The topological polar surface area (TPSA) is 64.2 Å². The van der Waals surface area contributed by atoms with E-state index in [0.29, 0.717) is 32.7 Å². The number of aryl methyl sites for hydroxylation is 1. The monoisotopic (exact) mass is 434 g/mol. The van der Waals surface area contributed by atoms with E-state index >= 15 is 0 Å². The lowest BCUT2D eigenvalue weighted by molar-refractivity contribution is -0.120. The van der Waals surface area contributed by atoms with Gasteiger partial charge < -0.3 is 4.90 Å². The van der Waals surface area contributed by atoms with E-state index in [-0.39, 0.29) is 11.9 Å². The van der Waals surface area contributed by atoms with E-state index in [2.05, 4.69) is 11.0 Å². The van der Waals surface area contributed by atoms with Crippen molar-refractivity contribution in [3.8, 4) is 0 Å². The lowest BCUT2D eigenvalue weighted by atomic mass is 9.96. The summed E-state index contributed by atoms with van der Waals surface area (Å²) in [5.41, 5.74) is 2.27. The van der Waals surface area contributed by atoms with Crippen molar-refractivity contribution < 1.29 is 13.2 Å².